The highest BCUT2D eigenvalue weighted by Crippen LogP contribution is 2.22. The molecule has 24 heavy (non-hydrogen) atoms. The van der Waals surface area contributed by atoms with Gasteiger partial charge in [-0.3, -0.25) is 9.78 Å². The fourth-order valence-electron chi connectivity index (χ4n) is 3.10. The van der Waals surface area contributed by atoms with E-state index in [1.165, 1.54) is 0 Å². The lowest BCUT2D eigenvalue weighted by molar-refractivity contribution is -0.134. The van der Waals surface area contributed by atoms with Gasteiger partial charge in [-0.2, -0.15) is 0 Å². The Labute approximate surface area is 141 Å². The van der Waals surface area contributed by atoms with Crippen molar-refractivity contribution in [1.82, 2.24) is 24.4 Å². The standard InChI is InChI=1S/C17H23N5O2/c1-12-19-9-16(21(12)2)15-8-18-7-14(20-15)6-13-4-5-22(10-13)17(23)11-24-3/h7-9,13H,4-6,10-11H2,1-3H3/t13-/m1/s1. The molecule has 0 radical (unpaired) electrons. The van der Waals surface area contributed by atoms with Crippen LogP contribution in [0.25, 0.3) is 11.4 Å². The Hall–Kier alpha value is -2.28. The highest BCUT2D eigenvalue weighted by molar-refractivity contribution is 5.77. The summed E-state index contributed by atoms with van der Waals surface area (Å²) in [5, 5.41) is 0. The summed E-state index contributed by atoms with van der Waals surface area (Å²) in [6.07, 6.45) is 7.22. The van der Waals surface area contributed by atoms with E-state index in [0.717, 1.165) is 48.8 Å². The zero-order chi connectivity index (χ0) is 17.1. The van der Waals surface area contributed by atoms with Crippen LogP contribution in [0.2, 0.25) is 0 Å². The van der Waals surface area contributed by atoms with Crippen molar-refractivity contribution in [3.05, 3.63) is 30.1 Å². The van der Waals surface area contributed by atoms with Gasteiger partial charge in [-0.05, 0) is 25.7 Å². The molecule has 2 aromatic heterocycles. The van der Waals surface area contributed by atoms with Crippen molar-refractivity contribution in [2.24, 2.45) is 13.0 Å². The first-order valence-corrected chi connectivity index (χ1v) is 8.14. The summed E-state index contributed by atoms with van der Waals surface area (Å²) in [6.45, 7) is 3.67. The second-order valence-corrected chi connectivity index (χ2v) is 6.28. The number of hydrogen-bond acceptors (Lipinski definition) is 5. The van der Waals surface area contributed by atoms with E-state index in [1.807, 2.05) is 35.8 Å². The fourth-order valence-corrected chi connectivity index (χ4v) is 3.10. The molecule has 0 unspecified atom stereocenters. The Balaban J connectivity index is 1.68. The van der Waals surface area contributed by atoms with Crippen LogP contribution in [0.1, 0.15) is 17.9 Å². The molecule has 128 valence electrons. The second kappa shape index (κ2) is 7.09. The van der Waals surface area contributed by atoms with Crippen molar-refractivity contribution >= 4 is 5.91 Å². The largest absolute Gasteiger partial charge is 0.375 e. The number of imidazole rings is 1. The number of methoxy groups -OCH3 is 1. The lowest BCUT2D eigenvalue weighted by Crippen LogP contribution is -2.31. The summed E-state index contributed by atoms with van der Waals surface area (Å²) in [5.74, 6) is 1.43. The van der Waals surface area contributed by atoms with Crippen LogP contribution in [0.15, 0.2) is 18.6 Å². The van der Waals surface area contributed by atoms with E-state index in [-0.39, 0.29) is 12.5 Å². The Kier molecular flexibility index (Phi) is 4.89. The van der Waals surface area contributed by atoms with Crippen LogP contribution in [0.5, 0.6) is 0 Å². The van der Waals surface area contributed by atoms with Crippen molar-refractivity contribution in [3.8, 4) is 11.4 Å². The Morgan fingerprint density at radius 1 is 1.38 bits per heavy atom. The van der Waals surface area contributed by atoms with Gasteiger partial charge in [0.1, 0.15) is 18.1 Å². The van der Waals surface area contributed by atoms with Crippen molar-refractivity contribution < 1.29 is 9.53 Å². The lowest BCUT2D eigenvalue weighted by atomic mass is 10.0. The van der Waals surface area contributed by atoms with Crippen LogP contribution in [0, 0.1) is 12.8 Å². The molecule has 2 aromatic rings. The molecule has 0 bridgehead atoms. The smallest absolute Gasteiger partial charge is 0.248 e. The third-order valence-corrected chi connectivity index (χ3v) is 4.57. The number of carbonyl (C=O) groups is 1. The molecule has 0 aromatic carbocycles. The molecule has 1 aliphatic heterocycles. The van der Waals surface area contributed by atoms with Crippen LogP contribution < -0.4 is 0 Å². The number of likely N-dealkylation sites (tertiary alicyclic amines) is 1. The predicted octanol–water partition coefficient (Wildman–Crippen LogP) is 1.22. The molecule has 0 N–H and O–H groups in total. The Morgan fingerprint density at radius 3 is 2.92 bits per heavy atom. The maximum Gasteiger partial charge on any atom is 0.248 e. The minimum atomic E-state index is 0.0604. The predicted molar refractivity (Wildman–Crippen MR) is 89.2 cm³/mol. The number of aryl methyl sites for hydroxylation is 1. The molecule has 1 amide bonds. The van der Waals surface area contributed by atoms with Gasteiger partial charge in [0, 0.05) is 33.4 Å². The van der Waals surface area contributed by atoms with Crippen LogP contribution in [-0.2, 0) is 23.0 Å². The highest BCUT2D eigenvalue weighted by Gasteiger charge is 2.26. The summed E-state index contributed by atoms with van der Waals surface area (Å²) < 4.78 is 6.93. The molecule has 7 heteroatoms. The third-order valence-electron chi connectivity index (χ3n) is 4.57. The summed E-state index contributed by atoms with van der Waals surface area (Å²) >= 11 is 0. The average molecular weight is 329 g/mol. The molecular formula is C17H23N5O2. The van der Waals surface area contributed by atoms with Gasteiger partial charge in [0.2, 0.25) is 5.91 Å². The number of nitrogens with zero attached hydrogens (tertiary/aromatic N) is 5. The minimum Gasteiger partial charge on any atom is -0.375 e. The molecule has 3 rings (SSSR count). The van der Waals surface area contributed by atoms with Crippen LogP contribution in [0.3, 0.4) is 0 Å². The summed E-state index contributed by atoms with van der Waals surface area (Å²) in [4.78, 5) is 27.1. The van der Waals surface area contributed by atoms with Gasteiger partial charge in [-0.25, -0.2) is 9.97 Å². The molecule has 1 atom stereocenters. The summed E-state index contributed by atoms with van der Waals surface area (Å²) in [5.41, 5.74) is 2.75. The molecular weight excluding hydrogens is 306 g/mol. The van der Waals surface area contributed by atoms with Crippen molar-refractivity contribution in [1.29, 1.82) is 0 Å². The topological polar surface area (TPSA) is 73.1 Å². The number of rotatable bonds is 5. The first kappa shape index (κ1) is 16.6. The molecule has 3 heterocycles. The summed E-state index contributed by atoms with van der Waals surface area (Å²) in [6, 6.07) is 0. The third kappa shape index (κ3) is 3.46. The average Bonchev–Trinajstić information content (AvgIpc) is 3.16. The van der Waals surface area contributed by atoms with Crippen LogP contribution >= 0.6 is 0 Å². The zero-order valence-electron chi connectivity index (χ0n) is 14.4. The molecule has 1 aliphatic rings. The van der Waals surface area contributed by atoms with E-state index in [0.29, 0.717) is 5.92 Å². The maximum absolute atomic E-state index is 11.9. The molecule has 1 saturated heterocycles. The van der Waals surface area contributed by atoms with Crippen molar-refractivity contribution in [2.75, 3.05) is 26.8 Å². The fraction of sp³-hybridized carbons (Fsp3) is 0.529. The van der Waals surface area contributed by atoms with Gasteiger partial charge >= 0.3 is 0 Å². The van der Waals surface area contributed by atoms with Crippen molar-refractivity contribution in [2.45, 2.75) is 19.8 Å². The molecule has 7 nitrogen and oxygen atoms in total. The number of aromatic nitrogens is 4. The zero-order valence-corrected chi connectivity index (χ0v) is 14.4. The van der Waals surface area contributed by atoms with Gasteiger partial charge in [-0.15, -0.1) is 0 Å². The van der Waals surface area contributed by atoms with Gasteiger partial charge in [0.15, 0.2) is 0 Å². The van der Waals surface area contributed by atoms with Gasteiger partial charge in [-0.1, -0.05) is 0 Å². The van der Waals surface area contributed by atoms with Gasteiger partial charge < -0.3 is 14.2 Å². The van der Waals surface area contributed by atoms with E-state index in [2.05, 4.69) is 9.97 Å². The van der Waals surface area contributed by atoms with Crippen molar-refractivity contribution in [3.63, 3.8) is 0 Å². The van der Waals surface area contributed by atoms with E-state index < -0.39 is 0 Å². The van der Waals surface area contributed by atoms with Gasteiger partial charge in [0.25, 0.3) is 0 Å². The number of carbonyl (C=O) groups excluding carboxylic acids is 1. The minimum absolute atomic E-state index is 0.0604. The molecule has 0 spiro atoms. The summed E-state index contributed by atoms with van der Waals surface area (Å²) in [7, 11) is 3.52. The van der Waals surface area contributed by atoms with Crippen LogP contribution in [0.4, 0.5) is 0 Å². The molecule has 0 aliphatic carbocycles. The first-order valence-electron chi connectivity index (χ1n) is 8.14. The Morgan fingerprint density at radius 2 is 2.21 bits per heavy atom. The molecule has 1 fully saturated rings. The lowest BCUT2D eigenvalue weighted by Gasteiger charge is -2.16. The second-order valence-electron chi connectivity index (χ2n) is 6.28. The van der Waals surface area contributed by atoms with E-state index in [1.54, 1.807) is 13.3 Å². The quantitative estimate of drug-likeness (QED) is 0.825. The monoisotopic (exact) mass is 329 g/mol. The van der Waals surface area contributed by atoms with Gasteiger partial charge in [0.05, 0.1) is 23.8 Å². The highest BCUT2D eigenvalue weighted by atomic mass is 16.5. The number of amides is 1. The number of hydrogen-bond donors (Lipinski definition) is 0. The normalized spacial score (nSPS) is 17.5. The SMILES string of the molecule is COCC(=O)N1CC[C@H](Cc2cncc(-c3cnc(C)n3C)n2)C1. The molecule has 0 saturated carbocycles. The van der Waals surface area contributed by atoms with E-state index in [9.17, 15) is 4.79 Å². The van der Waals surface area contributed by atoms with E-state index >= 15 is 0 Å². The van der Waals surface area contributed by atoms with E-state index in [4.69, 9.17) is 9.72 Å². The maximum atomic E-state index is 11.9. The first-order chi connectivity index (χ1) is 11.6. The Bertz CT molecular complexity index is 728. The number of ether oxygens (including phenoxy) is 1. The van der Waals surface area contributed by atoms with Crippen LogP contribution in [-0.4, -0.2) is 57.1 Å².